The summed E-state index contributed by atoms with van der Waals surface area (Å²) in [4.78, 5) is 12.1. The van der Waals surface area contributed by atoms with Crippen LogP contribution in [0, 0.1) is 0 Å². The van der Waals surface area contributed by atoms with Crippen LogP contribution in [0.15, 0.2) is 36.4 Å². The highest BCUT2D eigenvalue weighted by Gasteiger charge is 2.14. The number of ether oxygens (including phenoxy) is 2. The minimum atomic E-state index is -0.131. The summed E-state index contributed by atoms with van der Waals surface area (Å²) in [7, 11) is 0. The highest BCUT2D eigenvalue weighted by atomic mass is 35.5. The largest absolute Gasteiger partial charge is 0.454 e. The number of fused-ring (bicyclic) bond motifs is 1. The van der Waals surface area contributed by atoms with E-state index in [0.29, 0.717) is 15.8 Å². The Labute approximate surface area is 160 Å². The van der Waals surface area contributed by atoms with Crippen LogP contribution in [0.25, 0.3) is 0 Å². The normalized spacial score (nSPS) is 13.6. The fraction of sp³-hybridized carbons (Fsp3) is 0.278. The number of hydrogen-bond acceptors (Lipinski definition) is 4. The Bertz CT molecular complexity index is 785. The fourth-order valence-corrected chi connectivity index (χ4v) is 3.53. The summed E-state index contributed by atoms with van der Waals surface area (Å²) in [6.45, 7) is 2.18. The Morgan fingerprint density at radius 3 is 2.76 bits per heavy atom. The lowest BCUT2D eigenvalue weighted by Gasteiger charge is -2.15. The predicted molar refractivity (Wildman–Crippen MR) is 102 cm³/mol. The Morgan fingerprint density at radius 1 is 1.16 bits per heavy atom. The van der Waals surface area contributed by atoms with E-state index >= 15 is 0 Å². The molecule has 0 unspecified atom stereocenters. The van der Waals surface area contributed by atoms with Gasteiger partial charge in [0.15, 0.2) is 11.5 Å². The van der Waals surface area contributed by atoms with Crippen molar-refractivity contribution in [3.8, 4) is 11.5 Å². The van der Waals surface area contributed by atoms with Crippen LogP contribution < -0.4 is 14.8 Å². The van der Waals surface area contributed by atoms with Crippen LogP contribution in [-0.4, -0.2) is 18.5 Å². The van der Waals surface area contributed by atoms with Crippen molar-refractivity contribution in [2.75, 3.05) is 12.5 Å². The van der Waals surface area contributed by atoms with Crippen LogP contribution >= 0.6 is 35.0 Å². The predicted octanol–water partition coefficient (Wildman–Crippen LogP) is 4.83. The second kappa shape index (κ2) is 8.21. The van der Waals surface area contributed by atoms with Gasteiger partial charge in [-0.3, -0.25) is 4.79 Å². The molecule has 0 saturated carbocycles. The topological polar surface area (TPSA) is 47.6 Å². The van der Waals surface area contributed by atoms with Gasteiger partial charge in [-0.2, -0.15) is 0 Å². The van der Waals surface area contributed by atoms with Gasteiger partial charge in [0.1, 0.15) is 0 Å². The van der Waals surface area contributed by atoms with Gasteiger partial charge in [-0.25, -0.2) is 0 Å². The SMILES string of the molecule is C[C@H](NC(=O)CSCc1ccc2c(c1)OCO2)c1ccc(Cl)c(Cl)c1. The van der Waals surface area contributed by atoms with Crippen molar-refractivity contribution in [3.05, 3.63) is 57.6 Å². The molecule has 0 saturated heterocycles. The minimum absolute atomic E-state index is 0.0238. The third kappa shape index (κ3) is 4.75. The second-order valence-corrected chi connectivity index (χ2v) is 7.44. The first-order chi connectivity index (χ1) is 12.0. The van der Waals surface area contributed by atoms with Crippen LogP contribution in [0.2, 0.25) is 10.0 Å². The van der Waals surface area contributed by atoms with Crippen molar-refractivity contribution in [2.24, 2.45) is 0 Å². The molecule has 0 aromatic heterocycles. The number of carbonyl (C=O) groups excluding carboxylic acids is 1. The molecule has 2 aromatic rings. The Morgan fingerprint density at radius 2 is 1.96 bits per heavy atom. The average Bonchev–Trinajstić information content (AvgIpc) is 3.05. The van der Waals surface area contributed by atoms with Crippen molar-refractivity contribution < 1.29 is 14.3 Å². The summed E-state index contributed by atoms with van der Waals surface area (Å²) < 4.78 is 10.6. The number of hydrogen-bond donors (Lipinski definition) is 1. The molecule has 1 N–H and O–H groups in total. The van der Waals surface area contributed by atoms with Gasteiger partial charge in [-0.1, -0.05) is 35.3 Å². The molecule has 0 fully saturated rings. The zero-order chi connectivity index (χ0) is 17.8. The van der Waals surface area contributed by atoms with Crippen LogP contribution in [-0.2, 0) is 10.5 Å². The number of thioether (sulfide) groups is 1. The number of benzene rings is 2. The maximum atomic E-state index is 12.1. The molecule has 2 aromatic carbocycles. The third-order valence-electron chi connectivity index (χ3n) is 3.76. The van der Waals surface area contributed by atoms with E-state index in [2.05, 4.69) is 5.32 Å². The van der Waals surface area contributed by atoms with Gasteiger partial charge < -0.3 is 14.8 Å². The fourth-order valence-electron chi connectivity index (χ4n) is 2.44. The van der Waals surface area contributed by atoms with Crippen molar-refractivity contribution in [1.29, 1.82) is 0 Å². The van der Waals surface area contributed by atoms with E-state index in [1.807, 2.05) is 31.2 Å². The van der Waals surface area contributed by atoms with Gasteiger partial charge in [0.2, 0.25) is 12.7 Å². The summed E-state index contributed by atoms with van der Waals surface area (Å²) in [5.74, 6) is 2.60. The number of halogens is 2. The highest BCUT2D eigenvalue weighted by molar-refractivity contribution is 7.99. The Kier molecular flexibility index (Phi) is 5.99. The monoisotopic (exact) mass is 397 g/mol. The molecule has 1 aliphatic heterocycles. The Hall–Kier alpha value is -1.56. The lowest BCUT2D eigenvalue weighted by atomic mass is 10.1. The van der Waals surface area contributed by atoms with Crippen LogP contribution in [0.3, 0.4) is 0 Å². The first-order valence-electron chi connectivity index (χ1n) is 7.73. The molecule has 3 rings (SSSR count). The van der Waals surface area contributed by atoms with Crippen LogP contribution in [0.5, 0.6) is 11.5 Å². The lowest BCUT2D eigenvalue weighted by molar-refractivity contribution is -0.119. The smallest absolute Gasteiger partial charge is 0.231 e. The van der Waals surface area contributed by atoms with Crippen molar-refractivity contribution in [3.63, 3.8) is 0 Å². The number of amides is 1. The lowest BCUT2D eigenvalue weighted by Crippen LogP contribution is -2.28. The molecule has 0 radical (unpaired) electrons. The molecule has 4 nitrogen and oxygen atoms in total. The number of carbonyl (C=O) groups is 1. The standard InChI is InChI=1S/C18H17Cl2NO3S/c1-11(13-3-4-14(19)15(20)7-13)21-18(22)9-25-8-12-2-5-16-17(6-12)24-10-23-16/h2-7,11H,8-10H2,1H3,(H,21,22)/t11-/m0/s1. The zero-order valence-electron chi connectivity index (χ0n) is 13.6. The molecule has 0 spiro atoms. The molecule has 1 atom stereocenters. The van der Waals surface area contributed by atoms with E-state index in [1.54, 1.807) is 23.9 Å². The van der Waals surface area contributed by atoms with Gasteiger partial charge >= 0.3 is 0 Å². The summed E-state index contributed by atoms with van der Waals surface area (Å²) in [5, 5.41) is 3.95. The van der Waals surface area contributed by atoms with Crippen LogP contribution in [0.4, 0.5) is 0 Å². The molecule has 25 heavy (non-hydrogen) atoms. The van der Waals surface area contributed by atoms with E-state index in [9.17, 15) is 4.79 Å². The van der Waals surface area contributed by atoms with E-state index in [4.69, 9.17) is 32.7 Å². The second-order valence-electron chi connectivity index (χ2n) is 5.64. The molecule has 0 aliphatic carbocycles. The average molecular weight is 398 g/mol. The molecule has 7 heteroatoms. The molecular formula is C18H17Cl2NO3S. The first-order valence-corrected chi connectivity index (χ1v) is 9.64. The molecule has 1 aliphatic rings. The summed E-state index contributed by atoms with van der Waals surface area (Å²) in [5.41, 5.74) is 2.02. The van der Waals surface area contributed by atoms with Crippen LogP contribution in [0.1, 0.15) is 24.1 Å². The van der Waals surface area contributed by atoms with Gasteiger partial charge in [-0.05, 0) is 42.3 Å². The van der Waals surface area contributed by atoms with E-state index < -0.39 is 0 Å². The maximum Gasteiger partial charge on any atom is 0.231 e. The number of nitrogens with one attached hydrogen (secondary N) is 1. The van der Waals surface area contributed by atoms with Gasteiger partial charge in [0, 0.05) is 5.75 Å². The molecular weight excluding hydrogens is 381 g/mol. The Balaban J connectivity index is 1.47. The van der Waals surface area contributed by atoms with Crippen molar-refractivity contribution in [1.82, 2.24) is 5.32 Å². The van der Waals surface area contributed by atoms with Gasteiger partial charge in [-0.15, -0.1) is 11.8 Å². The molecule has 0 bridgehead atoms. The van der Waals surface area contributed by atoms with Crippen molar-refractivity contribution in [2.45, 2.75) is 18.7 Å². The summed E-state index contributed by atoms with van der Waals surface area (Å²) in [6, 6.07) is 11.1. The van der Waals surface area contributed by atoms with E-state index in [0.717, 1.165) is 28.4 Å². The van der Waals surface area contributed by atoms with E-state index in [-0.39, 0.29) is 18.7 Å². The molecule has 132 valence electrons. The van der Waals surface area contributed by atoms with Crippen molar-refractivity contribution >= 4 is 40.9 Å². The quantitative estimate of drug-likeness (QED) is 0.757. The number of rotatable bonds is 6. The molecule has 1 amide bonds. The minimum Gasteiger partial charge on any atom is -0.454 e. The maximum absolute atomic E-state index is 12.1. The van der Waals surface area contributed by atoms with Gasteiger partial charge in [0.25, 0.3) is 0 Å². The third-order valence-corrected chi connectivity index (χ3v) is 5.50. The zero-order valence-corrected chi connectivity index (χ0v) is 15.9. The first kappa shape index (κ1) is 18.2. The van der Waals surface area contributed by atoms with Gasteiger partial charge in [0.05, 0.1) is 21.8 Å². The molecule has 1 heterocycles. The summed E-state index contributed by atoms with van der Waals surface area (Å²) in [6.07, 6.45) is 0. The highest BCUT2D eigenvalue weighted by Crippen LogP contribution is 2.33. The van der Waals surface area contributed by atoms with E-state index in [1.165, 1.54) is 0 Å². The summed E-state index contributed by atoms with van der Waals surface area (Å²) >= 11 is 13.5.